The van der Waals surface area contributed by atoms with Gasteiger partial charge in [-0.25, -0.2) is 0 Å². The molecule has 7 heteroatoms. The highest BCUT2D eigenvalue weighted by molar-refractivity contribution is 6.42. The molecular weight excluding hydrogens is 373 g/mol. The topological polar surface area (TPSA) is 44.8 Å². The molecule has 2 heterocycles. The van der Waals surface area contributed by atoms with E-state index >= 15 is 0 Å². The van der Waals surface area contributed by atoms with E-state index in [2.05, 4.69) is 17.1 Å². The van der Waals surface area contributed by atoms with Crippen LogP contribution in [0, 0.1) is 0 Å². The van der Waals surface area contributed by atoms with Gasteiger partial charge in [0.25, 0.3) is 0 Å². The summed E-state index contributed by atoms with van der Waals surface area (Å²) in [6, 6.07) is 5.52. The second-order valence-electron chi connectivity index (χ2n) is 6.71. The zero-order chi connectivity index (χ0) is 18.9. The fourth-order valence-corrected chi connectivity index (χ4v) is 3.49. The largest absolute Gasteiger partial charge is 0.497 e. The van der Waals surface area contributed by atoms with Crippen LogP contribution in [-0.2, 0) is 4.79 Å². The molecule has 0 saturated carbocycles. The van der Waals surface area contributed by atoms with E-state index < -0.39 is 0 Å². The first kappa shape index (κ1) is 21.3. The first-order valence-corrected chi connectivity index (χ1v) is 9.98. The summed E-state index contributed by atoms with van der Waals surface area (Å²) in [5.74, 6) is 1.07. The Morgan fingerprint density at radius 1 is 1.15 bits per heavy atom. The van der Waals surface area contributed by atoms with Gasteiger partial charge in [0.2, 0.25) is 5.91 Å². The van der Waals surface area contributed by atoms with E-state index in [0.29, 0.717) is 28.4 Å². The van der Waals surface area contributed by atoms with Gasteiger partial charge < -0.3 is 15.0 Å². The summed E-state index contributed by atoms with van der Waals surface area (Å²) in [6.45, 7) is 8.41. The van der Waals surface area contributed by atoms with Crippen LogP contribution >= 0.6 is 23.2 Å². The molecule has 2 aliphatic rings. The quantitative estimate of drug-likeness (QED) is 0.840. The molecule has 1 aromatic carbocycles. The van der Waals surface area contributed by atoms with E-state index in [9.17, 15) is 4.79 Å². The smallest absolute Gasteiger partial charge is 0.224 e. The van der Waals surface area contributed by atoms with Crippen molar-refractivity contribution in [3.05, 3.63) is 28.2 Å². The van der Waals surface area contributed by atoms with Gasteiger partial charge in [0, 0.05) is 57.8 Å². The Balaban J connectivity index is 0.000000209. The second-order valence-corrected chi connectivity index (χ2v) is 7.52. The highest BCUT2D eigenvalue weighted by atomic mass is 35.5. The van der Waals surface area contributed by atoms with Crippen LogP contribution in [0.25, 0.3) is 0 Å². The van der Waals surface area contributed by atoms with Gasteiger partial charge in [-0.1, -0.05) is 23.2 Å². The van der Waals surface area contributed by atoms with Crippen molar-refractivity contribution in [2.24, 2.45) is 0 Å². The molecule has 1 amide bonds. The van der Waals surface area contributed by atoms with Crippen LogP contribution in [0.2, 0.25) is 10.0 Å². The molecule has 0 radical (unpaired) electrons. The van der Waals surface area contributed by atoms with Crippen molar-refractivity contribution in [3.63, 3.8) is 0 Å². The summed E-state index contributed by atoms with van der Waals surface area (Å²) in [6.07, 6.45) is 3.07. The van der Waals surface area contributed by atoms with E-state index in [1.807, 2.05) is 4.90 Å². The molecule has 0 spiro atoms. The number of likely N-dealkylation sites (tertiary alicyclic amines) is 1. The number of piperazine rings is 1. The number of carbonyl (C=O) groups excluding carboxylic acids is 1. The van der Waals surface area contributed by atoms with Gasteiger partial charge in [-0.05, 0) is 31.9 Å². The molecule has 146 valence electrons. The number of rotatable bonds is 4. The van der Waals surface area contributed by atoms with Crippen LogP contribution in [0.5, 0.6) is 5.75 Å². The van der Waals surface area contributed by atoms with Gasteiger partial charge >= 0.3 is 0 Å². The number of amides is 1. The van der Waals surface area contributed by atoms with Crippen LogP contribution in [0.1, 0.15) is 26.2 Å². The number of benzene rings is 1. The SMILES string of the molecule is CC(CC(=O)N1CCCC1)N1CCNCC1.COc1ccc(Cl)c(Cl)c1. The number of halogens is 2. The maximum absolute atomic E-state index is 12.0. The third-order valence-electron chi connectivity index (χ3n) is 4.83. The predicted octanol–water partition coefficient (Wildman–Crippen LogP) is 3.29. The van der Waals surface area contributed by atoms with Gasteiger partial charge in [0.1, 0.15) is 5.75 Å². The predicted molar refractivity (Wildman–Crippen MR) is 107 cm³/mol. The van der Waals surface area contributed by atoms with E-state index in [-0.39, 0.29) is 0 Å². The minimum atomic E-state index is 0.350. The molecule has 1 unspecified atom stereocenters. The lowest BCUT2D eigenvalue weighted by Gasteiger charge is -2.33. The number of methoxy groups -OCH3 is 1. The number of hydrogen-bond donors (Lipinski definition) is 1. The molecule has 1 atom stereocenters. The van der Waals surface area contributed by atoms with Crippen molar-refractivity contribution >= 4 is 29.1 Å². The van der Waals surface area contributed by atoms with Crippen molar-refractivity contribution in [2.45, 2.75) is 32.2 Å². The fraction of sp³-hybridized carbons (Fsp3) is 0.632. The lowest BCUT2D eigenvalue weighted by molar-refractivity contribution is -0.131. The second kappa shape index (κ2) is 11.0. The third-order valence-corrected chi connectivity index (χ3v) is 5.57. The van der Waals surface area contributed by atoms with Gasteiger partial charge in [0.15, 0.2) is 0 Å². The molecule has 1 aromatic rings. The minimum Gasteiger partial charge on any atom is -0.497 e. The van der Waals surface area contributed by atoms with E-state index in [1.165, 1.54) is 12.8 Å². The van der Waals surface area contributed by atoms with Gasteiger partial charge in [-0.15, -0.1) is 0 Å². The lowest BCUT2D eigenvalue weighted by atomic mass is 10.1. The zero-order valence-electron chi connectivity index (χ0n) is 15.6. The molecule has 3 rings (SSSR count). The van der Waals surface area contributed by atoms with E-state index in [0.717, 1.165) is 45.0 Å². The number of hydrogen-bond acceptors (Lipinski definition) is 4. The van der Waals surface area contributed by atoms with Crippen molar-refractivity contribution in [2.75, 3.05) is 46.4 Å². The average molecular weight is 402 g/mol. The van der Waals surface area contributed by atoms with Crippen molar-refractivity contribution < 1.29 is 9.53 Å². The van der Waals surface area contributed by atoms with Crippen LogP contribution < -0.4 is 10.1 Å². The lowest BCUT2D eigenvalue weighted by Crippen LogP contribution is -2.48. The van der Waals surface area contributed by atoms with Crippen LogP contribution in [0.15, 0.2) is 18.2 Å². The highest BCUT2D eigenvalue weighted by Gasteiger charge is 2.23. The molecule has 5 nitrogen and oxygen atoms in total. The van der Waals surface area contributed by atoms with Gasteiger partial charge in [0.05, 0.1) is 17.2 Å². The van der Waals surface area contributed by atoms with Gasteiger partial charge in [-0.3, -0.25) is 9.69 Å². The molecular formula is C19H29Cl2N3O2. The Morgan fingerprint density at radius 3 is 2.38 bits per heavy atom. The molecule has 26 heavy (non-hydrogen) atoms. The third kappa shape index (κ3) is 6.62. The Morgan fingerprint density at radius 2 is 1.81 bits per heavy atom. The molecule has 0 aromatic heterocycles. The first-order chi connectivity index (χ1) is 12.5. The molecule has 2 fully saturated rings. The van der Waals surface area contributed by atoms with Crippen molar-refractivity contribution in [1.82, 2.24) is 15.1 Å². The normalized spacial score (nSPS) is 18.8. The first-order valence-electron chi connectivity index (χ1n) is 9.23. The number of carbonyl (C=O) groups is 1. The molecule has 1 N–H and O–H groups in total. The minimum absolute atomic E-state index is 0.350. The molecule has 0 bridgehead atoms. The van der Waals surface area contributed by atoms with Crippen LogP contribution in [-0.4, -0.2) is 68.1 Å². The fourth-order valence-electron chi connectivity index (χ4n) is 3.20. The van der Waals surface area contributed by atoms with Crippen LogP contribution in [0.3, 0.4) is 0 Å². The Kier molecular flexibility index (Phi) is 8.99. The summed E-state index contributed by atoms with van der Waals surface area (Å²) in [5, 5.41) is 4.40. The monoisotopic (exact) mass is 401 g/mol. The Bertz CT molecular complexity index is 574. The standard InChI is InChI=1S/C12H23N3O.C7H6Cl2O/c1-11(14-8-4-13-5-9-14)10-12(16)15-6-2-3-7-15;1-10-5-2-3-6(8)7(9)4-5/h11,13H,2-10H2,1H3;2-4H,1H3. The summed E-state index contributed by atoms with van der Waals surface area (Å²) < 4.78 is 4.91. The summed E-state index contributed by atoms with van der Waals surface area (Å²) in [7, 11) is 1.58. The summed E-state index contributed by atoms with van der Waals surface area (Å²) in [5.41, 5.74) is 0. The number of nitrogens with one attached hydrogen (secondary N) is 1. The van der Waals surface area contributed by atoms with E-state index in [4.69, 9.17) is 27.9 Å². The highest BCUT2D eigenvalue weighted by Crippen LogP contribution is 2.25. The molecule has 2 aliphatic heterocycles. The summed E-state index contributed by atoms with van der Waals surface area (Å²) >= 11 is 11.3. The molecule has 2 saturated heterocycles. The van der Waals surface area contributed by atoms with Gasteiger partial charge in [-0.2, -0.15) is 0 Å². The number of ether oxygens (including phenoxy) is 1. The molecule has 0 aliphatic carbocycles. The van der Waals surface area contributed by atoms with Crippen molar-refractivity contribution in [1.29, 1.82) is 0 Å². The zero-order valence-corrected chi connectivity index (χ0v) is 17.2. The van der Waals surface area contributed by atoms with Crippen molar-refractivity contribution in [3.8, 4) is 5.75 Å². The summed E-state index contributed by atoms with van der Waals surface area (Å²) in [4.78, 5) is 16.4. The average Bonchev–Trinajstić information content (AvgIpc) is 3.20. The van der Waals surface area contributed by atoms with E-state index in [1.54, 1.807) is 25.3 Å². The Hall–Kier alpha value is -1.01. The number of nitrogens with zero attached hydrogens (tertiary/aromatic N) is 2. The maximum atomic E-state index is 12.0. The van der Waals surface area contributed by atoms with Crippen LogP contribution in [0.4, 0.5) is 0 Å². The Labute approximate surface area is 166 Å². The maximum Gasteiger partial charge on any atom is 0.224 e.